The van der Waals surface area contributed by atoms with Crippen molar-refractivity contribution in [3.05, 3.63) is 17.0 Å². The zero-order valence-corrected chi connectivity index (χ0v) is 15.0. The molecule has 1 heterocycles. The lowest BCUT2D eigenvalue weighted by atomic mass is 10.1. The Morgan fingerprint density at radius 1 is 1.45 bits per heavy atom. The summed E-state index contributed by atoms with van der Waals surface area (Å²) in [6, 6.07) is 0.594. The van der Waals surface area contributed by atoms with Crippen LogP contribution in [0.15, 0.2) is 9.52 Å². The number of nitrogens with zero attached hydrogens (tertiary/aromatic N) is 2. The van der Waals surface area contributed by atoms with Crippen molar-refractivity contribution in [1.29, 1.82) is 0 Å². The fourth-order valence-corrected chi connectivity index (χ4v) is 2.16. The van der Waals surface area contributed by atoms with Crippen molar-refractivity contribution in [3.8, 4) is 0 Å². The van der Waals surface area contributed by atoms with Gasteiger partial charge in [-0.15, -0.1) is 24.0 Å². The first-order valence-corrected chi connectivity index (χ1v) is 7.08. The van der Waals surface area contributed by atoms with Crippen LogP contribution in [0.1, 0.15) is 37.3 Å². The number of halogens is 1. The van der Waals surface area contributed by atoms with E-state index >= 15 is 0 Å². The maximum atomic E-state index is 5.16. The molecule has 2 N–H and O–H groups in total. The highest BCUT2D eigenvalue weighted by Crippen LogP contribution is 2.28. The van der Waals surface area contributed by atoms with E-state index in [4.69, 9.17) is 4.52 Å². The van der Waals surface area contributed by atoms with Crippen LogP contribution in [0, 0.1) is 19.8 Å². The molecule has 0 aliphatic heterocycles. The number of aliphatic imine (C=N–C) groups is 1. The molecule has 2 unspecified atom stereocenters. The highest BCUT2D eigenvalue weighted by molar-refractivity contribution is 14.0. The lowest BCUT2D eigenvalue weighted by molar-refractivity contribution is 0.392. The van der Waals surface area contributed by atoms with Gasteiger partial charge in [0, 0.05) is 24.7 Å². The predicted octanol–water partition coefficient (Wildman–Crippen LogP) is 2.42. The second-order valence-corrected chi connectivity index (χ2v) is 5.28. The van der Waals surface area contributed by atoms with Crippen molar-refractivity contribution in [3.63, 3.8) is 0 Å². The van der Waals surface area contributed by atoms with Gasteiger partial charge in [0.1, 0.15) is 5.76 Å². The first-order valence-electron chi connectivity index (χ1n) is 7.08. The largest absolute Gasteiger partial charge is 0.361 e. The molecular formula is C14H25IN4O. The highest BCUT2D eigenvalue weighted by Gasteiger charge is 2.33. The summed E-state index contributed by atoms with van der Waals surface area (Å²) in [7, 11) is 0. The van der Waals surface area contributed by atoms with Crippen molar-refractivity contribution in [2.75, 3.05) is 13.1 Å². The molecule has 0 amide bonds. The molecule has 0 aromatic carbocycles. The van der Waals surface area contributed by atoms with Crippen LogP contribution in [0.4, 0.5) is 0 Å². The van der Waals surface area contributed by atoms with Gasteiger partial charge in [0.15, 0.2) is 5.96 Å². The van der Waals surface area contributed by atoms with Crippen molar-refractivity contribution < 1.29 is 4.52 Å². The lowest BCUT2D eigenvalue weighted by Gasteiger charge is -2.10. The van der Waals surface area contributed by atoms with Crippen molar-refractivity contribution >= 4 is 29.9 Å². The lowest BCUT2D eigenvalue weighted by Crippen LogP contribution is -2.39. The van der Waals surface area contributed by atoms with Gasteiger partial charge in [0.25, 0.3) is 0 Å². The normalized spacial score (nSPS) is 21.3. The minimum atomic E-state index is 0. The van der Waals surface area contributed by atoms with Crippen LogP contribution in [0.2, 0.25) is 0 Å². The quantitative estimate of drug-likeness (QED) is 0.459. The Bertz CT molecular complexity index is 439. The van der Waals surface area contributed by atoms with Crippen LogP contribution in [0.3, 0.4) is 0 Å². The molecule has 0 bridgehead atoms. The van der Waals surface area contributed by atoms with E-state index in [1.165, 1.54) is 12.0 Å². The SMILES string of the molecule is CCNC(=NCCc1c(C)noc1C)NC1CC1C.I. The van der Waals surface area contributed by atoms with Gasteiger partial charge in [0.2, 0.25) is 0 Å². The molecule has 0 saturated heterocycles. The van der Waals surface area contributed by atoms with E-state index in [1.54, 1.807) is 0 Å². The molecule has 2 atom stereocenters. The number of aromatic nitrogens is 1. The first-order chi connectivity index (χ1) is 9.11. The summed E-state index contributed by atoms with van der Waals surface area (Å²) >= 11 is 0. The number of rotatable bonds is 5. The molecule has 6 heteroatoms. The maximum absolute atomic E-state index is 5.16. The van der Waals surface area contributed by atoms with E-state index in [1.807, 2.05) is 13.8 Å². The molecule has 1 aromatic rings. The minimum Gasteiger partial charge on any atom is -0.361 e. The number of aryl methyl sites for hydroxylation is 2. The molecular weight excluding hydrogens is 367 g/mol. The maximum Gasteiger partial charge on any atom is 0.191 e. The Labute approximate surface area is 138 Å². The average Bonchev–Trinajstić information content (AvgIpc) is 2.97. The number of nitrogens with one attached hydrogen (secondary N) is 2. The Kier molecular flexibility index (Phi) is 6.78. The van der Waals surface area contributed by atoms with Gasteiger partial charge in [-0.25, -0.2) is 0 Å². The van der Waals surface area contributed by atoms with E-state index in [2.05, 4.69) is 34.6 Å². The van der Waals surface area contributed by atoms with Crippen molar-refractivity contribution in [2.45, 2.75) is 46.6 Å². The summed E-state index contributed by atoms with van der Waals surface area (Å²) in [4.78, 5) is 4.61. The van der Waals surface area contributed by atoms with Crippen molar-refractivity contribution in [2.24, 2.45) is 10.9 Å². The standard InChI is InChI=1S/C14H24N4O.HI/c1-5-15-14(17-13-8-9(13)2)16-7-6-12-10(3)18-19-11(12)4;/h9,13H,5-8H2,1-4H3,(H2,15,16,17);1H. The van der Waals surface area contributed by atoms with E-state index < -0.39 is 0 Å². The van der Waals surface area contributed by atoms with E-state index in [0.29, 0.717) is 6.04 Å². The Morgan fingerprint density at radius 2 is 2.15 bits per heavy atom. The van der Waals surface area contributed by atoms with Gasteiger partial charge in [0.05, 0.1) is 5.69 Å². The summed E-state index contributed by atoms with van der Waals surface area (Å²) < 4.78 is 5.16. The smallest absolute Gasteiger partial charge is 0.191 e. The number of hydrogen-bond acceptors (Lipinski definition) is 3. The summed E-state index contributed by atoms with van der Waals surface area (Å²) in [6.07, 6.45) is 2.12. The topological polar surface area (TPSA) is 62.5 Å². The highest BCUT2D eigenvalue weighted by atomic mass is 127. The van der Waals surface area contributed by atoms with Crippen LogP contribution in [0.5, 0.6) is 0 Å². The monoisotopic (exact) mass is 392 g/mol. The van der Waals surface area contributed by atoms with Gasteiger partial charge in [-0.1, -0.05) is 12.1 Å². The predicted molar refractivity (Wildman–Crippen MR) is 91.8 cm³/mol. The van der Waals surface area contributed by atoms with Gasteiger partial charge in [-0.2, -0.15) is 0 Å². The third-order valence-corrected chi connectivity index (χ3v) is 3.59. The molecule has 1 aromatic heterocycles. The Balaban J connectivity index is 0.00000200. The second-order valence-electron chi connectivity index (χ2n) is 5.28. The van der Waals surface area contributed by atoms with Gasteiger partial charge in [-0.05, 0) is 39.5 Å². The van der Waals surface area contributed by atoms with E-state index in [9.17, 15) is 0 Å². The molecule has 114 valence electrons. The van der Waals surface area contributed by atoms with Crippen LogP contribution < -0.4 is 10.6 Å². The molecule has 2 rings (SSSR count). The fraction of sp³-hybridized carbons (Fsp3) is 0.714. The summed E-state index contributed by atoms with van der Waals surface area (Å²) in [5.41, 5.74) is 2.15. The van der Waals surface area contributed by atoms with Crippen LogP contribution in [-0.2, 0) is 6.42 Å². The van der Waals surface area contributed by atoms with Crippen LogP contribution >= 0.6 is 24.0 Å². The first kappa shape index (κ1) is 17.3. The molecule has 1 fully saturated rings. The number of hydrogen-bond donors (Lipinski definition) is 2. The number of guanidine groups is 1. The Morgan fingerprint density at radius 3 is 2.65 bits per heavy atom. The van der Waals surface area contributed by atoms with E-state index in [0.717, 1.165) is 42.8 Å². The summed E-state index contributed by atoms with van der Waals surface area (Å²) in [5.74, 6) is 2.59. The van der Waals surface area contributed by atoms with Crippen LogP contribution in [0.25, 0.3) is 0 Å². The second kappa shape index (κ2) is 7.85. The molecule has 1 aliphatic rings. The van der Waals surface area contributed by atoms with Gasteiger partial charge in [-0.3, -0.25) is 4.99 Å². The molecule has 5 nitrogen and oxygen atoms in total. The van der Waals surface area contributed by atoms with Gasteiger partial charge < -0.3 is 15.2 Å². The van der Waals surface area contributed by atoms with Gasteiger partial charge >= 0.3 is 0 Å². The fourth-order valence-electron chi connectivity index (χ4n) is 2.16. The van der Waals surface area contributed by atoms with Crippen molar-refractivity contribution in [1.82, 2.24) is 15.8 Å². The molecule has 20 heavy (non-hydrogen) atoms. The van der Waals surface area contributed by atoms with Crippen LogP contribution in [-0.4, -0.2) is 30.2 Å². The molecule has 0 radical (unpaired) electrons. The molecule has 1 aliphatic carbocycles. The molecule has 0 spiro atoms. The zero-order valence-electron chi connectivity index (χ0n) is 12.7. The summed E-state index contributed by atoms with van der Waals surface area (Å²) in [5, 5.41) is 10.7. The Hall–Kier alpha value is -0.790. The average molecular weight is 392 g/mol. The van der Waals surface area contributed by atoms with E-state index in [-0.39, 0.29) is 24.0 Å². The summed E-state index contributed by atoms with van der Waals surface area (Å²) in [6.45, 7) is 9.91. The third kappa shape index (κ3) is 4.64. The minimum absolute atomic E-state index is 0. The third-order valence-electron chi connectivity index (χ3n) is 3.59. The molecule has 1 saturated carbocycles. The zero-order chi connectivity index (χ0) is 13.8.